The van der Waals surface area contributed by atoms with Gasteiger partial charge in [0.2, 0.25) is 0 Å². The molecule has 1 aliphatic heterocycles. The van der Waals surface area contributed by atoms with Crippen molar-refractivity contribution in [1.29, 1.82) is 0 Å². The number of halogens is 2. The van der Waals surface area contributed by atoms with Gasteiger partial charge in [-0.2, -0.15) is 8.78 Å². The van der Waals surface area contributed by atoms with Crippen LogP contribution in [0.2, 0.25) is 0 Å². The fourth-order valence-electron chi connectivity index (χ4n) is 2.95. The molecule has 0 radical (unpaired) electrons. The number of imidazole rings is 1. The van der Waals surface area contributed by atoms with Gasteiger partial charge in [0.1, 0.15) is 5.82 Å². The molecular formula is C15H19F2N5O. The van der Waals surface area contributed by atoms with Crippen molar-refractivity contribution >= 4 is 6.03 Å². The Hall–Kier alpha value is -2.38. The van der Waals surface area contributed by atoms with E-state index in [4.69, 9.17) is 0 Å². The van der Waals surface area contributed by atoms with Crippen LogP contribution in [0.4, 0.5) is 13.6 Å². The molecule has 0 saturated heterocycles. The number of hydrogen-bond acceptors (Lipinski definition) is 2. The lowest BCUT2D eigenvalue weighted by Gasteiger charge is -2.34. The third kappa shape index (κ3) is 3.06. The van der Waals surface area contributed by atoms with Gasteiger partial charge in [0.15, 0.2) is 0 Å². The van der Waals surface area contributed by atoms with Crippen molar-refractivity contribution in [3.05, 3.63) is 42.2 Å². The molecule has 3 heterocycles. The molecule has 0 unspecified atom stereocenters. The van der Waals surface area contributed by atoms with E-state index in [-0.39, 0.29) is 30.9 Å². The summed E-state index contributed by atoms with van der Waals surface area (Å²) < 4.78 is 28.4. The first kappa shape index (κ1) is 15.5. The number of amides is 2. The van der Waals surface area contributed by atoms with E-state index in [1.165, 1.54) is 12.4 Å². The Morgan fingerprint density at radius 2 is 2.26 bits per heavy atom. The Labute approximate surface area is 132 Å². The van der Waals surface area contributed by atoms with E-state index in [2.05, 4.69) is 14.9 Å². The van der Waals surface area contributed by atoms with Crippen LogP contribution in [0.3, 0.4) is 0 Å². The second-order valence-corrected chi connectivity index (χ2v) is 5.51. The predicted molar refractivity (Wildman–Crippen MR) is 80.1 cm³/mol. The van der Waals surface area contributed by atoms with Gasteiger partial charge < -0.3 is 14.8 Å². The van der Waals surface area contributed by atoms with Crippen LogP contribution in [0.25, 0.3) is 0 Å². The Balaban J connectivity index is 1.55. The summed E-state index contributed by atoms with van der Waals surface area (Å²) in [7, 11) is 0. The summed E-state index contributed by atoms with van der Waals surface area (Å²) >= 11 is 0. The third-order valence-corrected chi connectivity index (χ3v) is 4.19. The fourth-order valence-corrected chi connectivity index (χ4v) is 2.95. The fraction of sp³-hybridized carbons (Fsp3) is 0.467. The highest BCUT2D eigenvalue weighted by Gasteiger charge is 2.27. The number of carbonyl (C=O) groups is 1. The molecule has 2 aromatic heterocycles. The normalized spacial score (nSPS) is 17.4. The van der Waals surface area contributed by atoms with Gasteiger partial charge >= 0.3 is 12.6 Å². The molecule has 0 bridgehead atoms. The van der Waals surface area contributed by atoms with Gasteiger partial charge in [-0.15, -0.1) is 0 Å². The molecule has 1 N–H and O–H groups in total. The van der Waals surface area contributed by atoms with Gasteiger partial charge in [-0.25, -0.2) is 9.78 Å². The van der Waals surface area contributed by atoms with Crippen molar-refractivity contribution in [2.24, 2.45) is 0 Å². The Bertz CT molecular complexity index is 681. The molecule has 8 heteroatoms. The number of urea groups is 1. The lowest BCUT2D eigenvalue weighted by molar-refractivity contribution is 0.0670. The lowest BCUT2D eigenvalue weighted by Crippen LogP contribution is -2.46. The zero-order valence-corrected chi connectivity index (χ0v) is 12.8. The Kier molecular flexibility index (Phi) is 4.31. The number of rotatable bonds is 4. The monoisotopic (exact) mass is 323 g/mol. The number of nitrogens with one attached hydrogen (secondary N) is 1. The molecule has 0 fully saturated rings. The highest BCUT2D eigenvalue weighted by Crippen LogP contribution is 2.25. The maximum Gasteiger partial charge on any atom is 0.319 e. The number of nitrogens with zero attached hydrogens (tertiary/aromatic N) is 4. The molecule has 6 nitrogen and oxygen atoms in total. The summed E-state index contributed by atoms with van der Waals surface area (Å²) in [6.07, 6.45) is 4.85. The topological polar surface area (TPSA) is 55.1 Å². The van der Waals surface area contributed by atoms with E-state index in [1.54, 1.807) is 4.90 Å². The van der Waals surface area contributed by atoms with Crippen LogP contribution in [0.15, 0.2) is 30.7 Å². The molecule has 2 aromatic rings. The van der Waals surface area contributed by atoms with Crippen molar-refractivity contribution in [3.63, 3.8) is 0 Å². The molecule has 0 spiro atoms. The number of carbonyl (C=O) groups excluding carboxylic acids is 1. The maximum atomic E-state index is 12.7. The van der Waals surface area contributed by atoms with Crippen LogP contribution in [-0.2, 0) is 13.0 Å². The standard InChI is InChI=1S/C15H19F2N5O/c1-11-12-3-2-7-20(12)9-10-21(11)15(23)19-5-4-13-18-6-8-22(13)14(16)17/h2-3,6-8,11,14H,4-5,9-10H2,1H3,(H,19,23)/t11-/m0/s1. The molecule has 3 rings (SSSR count). The van der Waals surface area contributed by atoms with Crippen LogP contribution < -0.4 is 5.32 Å². The molecule has 1 aliphatic rings. The molecule has 124 valence electrons. The predicted octanol–water partition coefficient (Wildman–Crippen LogP) is 2.41. The van der Waals surface area contributed by atoms with E-state index in [0.29, 0.717) is 6.54 Å². The first-order chi connectivity index (χ1) is 11.1. The van der Waals surface area contributed by atoms with Crippen LogP contribution in [0.5, 0.6) is 0 Å². The minimum atomic E-state index is -2.61. The van der Waals surface area contributed by atoms with Gasteiger partial charge in [-0.1, -0.05) is 0 Å². The van der Waals surface area contributed by atoms with E-state index < -0.39 is 6.55 Å². The Morgan fingerprint density at radius 3 is 3.04 bits per heavy atom. The minimum absolute atomic E-state index is 0.0122. The largest absolute Gasteiger partial charge is 0.348 e. The van der Waals surface area contributed by atoms with Crippen molar-refractivity contribution in [2.45, 2.75) is 32.5 Å². The van der Waals surface area contributed by atoms with Crippen LogP contribution in [0.1, 0.15) is 31.0 Å². The average molecular weight is 323 g/mol. The van der Waals surface area contributed by atoms with Gasteiger partial charge in [0.05, 0.1) is 6.04 Å². The third-order valence-electron chi connectivity index (χ3n) is 4.19. The van der Waals surface area contributed by atoms with E-state index in [9.17, 15) is 13.6 Å². The van der Waals surface area contributed by atoms with Crippen LogP contribution in [0, 0.1) is 0 Å². The highest BCUT2D eigenvalue weighted by atomic mass is 19.3. The van der Waals surface area contributed by atoms with Crippen LogP contribution in [-0.4, -0.2) is 38.1 Å². The second kappa shape index (κ2) is 6.39. The summed E-state index contributed by atoms with van der Waals surface area (Å²) in [6, 6.07) is 3.78. The SMILES string of the molecule is C[C@H]1c2cccn2CCN1C(=O)NCCc1nccn1C(F)F. The zero-order valence-electron chi connectivity index (χ0n) is 12.8. The molecule has 1 atom stereocenters. The first-order valence-corrected chi connectivity index (χ1v) is 7.57. The number of alkyl halides is 2. The van der Waals surface area contributed by atoms with Crippen molar-refractivity contribution in [3.8, 4) is 0 Å². The van der Waals surface area contributed by atoms with Gasteiger partial charge in [0, 0.05) is 50.3 Å². The Morgan fingerprint density at radius 1 is 1.43 bits per heavy atom. The average Bonchev–Trinajstić information content (AvgIpc) is 3.16. The summed E-state index contributed by atoms with van der Waals surface area (Å²) in [4.78, 5) is 18.0. The molecule has 23 heavy (non-hydrogen) atoms. The van der Waals surface area contributed by atoms with Gasteiger partial charge in [-0.3, -0.25) is 4.57 Å². The molecule has 0 aromatic carbocycles. The molecule has 0 saturated carbocycles. The first-order valence-electron chi connectivity index (χ1n) is 7.57. The maximum absolute atomic E-state index is 12.7. The zero-order chi connectivity index (χ0) is 16.4. The van der Waals surface area contributed by atoms with Crippen molar-refractivity contribution in [1.82, 2.24) is 24.3 Å². The molecule has 0 aliphatic carbocycles. The summed E-state index contributed by atoms with van der Waals surface area (Å²) in [6.45, 7) is 1.02. The van der Waals surface area contributed by atoms with Crippen molar-refractivity contribution < 1.29 is 13.6 Å². The number of aromatic nitrogens is 3. The summed E-state index contributed by atoms with van der Waals surface area (Å²) in [5.74, 6) is 0.265. The summed E-state index contributed by atoms with van der Waals surface area (Å²) in [5, 5.41) is 2.79. The molecule has 2 amide bonds. The van der Waals surface area contributed by atoms with Gasteiger partial charge in [-0.05, 0) is 19.1 Å². The van der Waals surface area contributed by atoms with Gasteiger partial charge in [0.25, 0.3) is 0 Å². The van der Waals surface area contributed by atoms with Crippen molar-refractivity contribution in [2.75, 3.05) is 13.1 Å². The number of hydrogen-bond donors (Lipinski definition) is 1. The quantitative estimate of drug-likeness (QED) is 0.939. The lowest BCUT2D eigenvalue weighted by atomic mass is 10.1. The van der Waals surface area contributed by atoms with Crippen LogP contribution >= 0.6 is 0 Å². The second-order valence-electron chi connectivity index (χ2n) is 5.51. The summed E-state index contributed by atoms with van der Waals surface area (Å²) in [5.41, 5.74) is 1.10. The van der Waals surface area contributed by atoms with E-state index in [1.807, 2.05) is 25.3 Å². The highest BCUT2D eigenvalue weighted by molar-refractivity contribution is 5.74. The minimum Gasteiger partial charge on any atom is -0.348 e. The van der Waals surface area contributed by atoms with E-state index in [0.717, 1.165) is 16.8 Å². The number of fused-ring (bicyclic) bond motifs is 1. The molecular weight excluding hydrogens is 304 g/mol. The van der Waals surface area contributed by atoms with E-state index >= 15 is 0 Å². The smallest absolute Gasteiger partial charge is 0.319 e.